The van der Waals surface area contributed by atoms with Gasteiger partial charge in [-0.1, -0.05) is 13.8 Å². The molecule has 120 valence electrons. The Kier molecular flexibility index (Phi) is 3.95. The third kappa shape index (κ3) is 3.31. The lowest BCUT2D eigenvalue weighted by molar-refractivity contribution is -0.140. The van der Waals surface area contributed by atoms with Gasteiger partial charge < -0.3 is 19.5 Å². The summed E-state index contributed by atoms with van der Waals surface area (Å²) >= 11 is 0. The van der Waals surface area contributed by atoms with E-state index >= 15 is 0 Å². The van der Waals surface area contributed by atoms with E-state index in [4.69, 9.17) is 9.47 Å². The van der Waals surface area contributed by atoms with Gasteiger partial charge in [-0.05, 0) is 26.2 Å². The lowest BCUT2D eigenvalue weighted by Gasteiger charge is -2.34. The standard InChI is InChI=1S/C15H25NO5/c1-14(2,3)21-13(19)16-6-7-20-9(8-16)10-11(12(17)18)15(10,4)5/h9-11H,6-8H2,1-5H3,(H,17,18)/t9?,10-,11+/m1/s1. The molecule has 2 aliphatic rings. The van der Waals surface area contributed by atoms with E-state index in [9.17, 15) is 14.7 Å². The van der Waals surface area contributed by atoms with Gasteiger partial charge in [-0.15, -0.1) is 0 Å². The second-order valence-electron chi connectivity index (χ2n) is 7.50. The van der Waals surface area contributed by atoms with E-state index in [1.807, 2.05) is 34.6 Å². The van der Waals surface area contributed by atoms with Crippen LogP contribution in [0.25, 0.3) is 0 Å². The van der Waals surface area contributed by atoms with E-state index in [1.165, 1.54) is 0 Å². The number of carbonyl (C=O) groups is 2. The van der Waals surface area contributed by atoms with Gasteiger partial charge in [0.2, 0.25) is 0 Å². The lowest BCUT2D eigenvalue weighted by Crippen LogP contribution is -2.48. The zero-order chi connectivity index (χ0) is 16.0. The molecule has 3 atom stereocenters. The zero-order valence-corrected chi connectivity index (χ0v) is 13.4. The molecule has 2 rings (SSSR count). The summed E-state index contributed by atoms with van der Waals surface area (Å²) in [5.74, 6) is -1.25. The van der Waals surface area contributed by atoms with Gasteiger partial charge in [0.1, 0.15) is 5.60 Å². The average Bonchev–Trinajstić information content (AvgIpc) is 2.90. The zero-order valence-electron chi connectivity index (χ0n) is 13.4. The van der Waals surface area contributed by atoms with Gasteiger partial charge >= 0.3 is 12.1 Å². The predicted octanol–water partition coefficient (Wildman–Crippen LogP) is 1.98. The fourth-order valence-corrected chi connectivity index (χ4v) is 3.23. The molecule has 0 spiro atoms. The molecular formula is C15H25NO5. The van der Waals surface area contributed by atoms with Crippen molar-refractivity contribution in [2.24, 2.45) is 17.3 Å². The third-order valence-electron chi connectivity index (χ3n) is 4.32. The number of ether oxygens (including phenoxy) is 2. The molecule has 0 aromatic rings. The SMILES string of the molecule is CC(C)(C)OC(=O)N1CCOC([C@@H]2[C@@H](C(=O)O)C2(C)C)C1. The average molecular weight is 299 g/mol. The molecule has 1 saturated heterocycles. The Morgan fingerprint density at radius 2 is 1.95 bits per heavy atom. The predicted molar refractivity (Wildman–Crippen MR) is 75.9 cm³/mol. The molecule has 1 N–H and O–H groups in total. The van der Waals surface area contributed by atoms with E-state index in [0.717, 1.165) is 0 Å². The summed E-state index contributed by atoms with van der Waals surface area (Å²) in [6, 6.07) is 0. The summed E-state index contributed by atoms with van der Waals surface area (Å²) in [6.45, 7) is 10.7. The van der Waals surface area contributed by atoms with Crippen LogP contribution in [0, 0.1) is 17.3 Å². The van der Waals surface area contributed by atoms with Crippen LogP contribution in [0.3, 0.4) is 0 Å². The minimum atomic E-state index is -0.789. The van der Waals surface area contributed by atoms with Crippen molar-refractivity contribution in [2.75, 3.05) is 19.7 Å². The van der Waals surface area contributed by atoms with E-state index in [1.54, 1.807) is 4.90 Å². The Bertz CT molecular complexity index is 440. The molecule has 0 radical (unpaired) electrons. The number of carboxylic acid groups (broad SMARTS) is 1. The quantitative estimate of drug-likeness (QED) is 0.843. The number of carbonyl (C=O) groups excluding carboxylic acids is 1. The highest BCUT2D eigenvalue weighted by atomic mass is 16.6. The number of morpholine rings is 1. The smallest absolute Gasteiger partial charge is 0.410 e. The van der Waals surface area contributed by atoms with Crippen LogP contribution in [-0.4, -0.2) is 53.5 Å². The van der Waals surface area contributed by atoms with Gasteiger partial charge in [0, 0.05) is 12.5 Å². The number of nitrogens with zero attached hydrogens (tertiary/aromatic N) is 1. The molecule has 6 heteroatoms. The highest BCUT2D eigenvalue weighted by Crippen LogP contribution is 2.60. The summed E-state index contributed by atoms with van der Waals surface area (Å²) in [7, 11) is 0. The topological polar surface area (TPSA) is 76.1 Å². The van der Waals surface area contributed by atoms with Gasteiger partial charge in [-0.25, -0.2) is 4.79 Å². The maximum absolute atomic E-state index is 12.1. The van der Waals surface area contributed by atoms with Crippen LogP contribution in [0.4, 0.5) is 4.79 Å². The molecule has 1 unspecified atom stereocenters. The summed E-state index contributed by atoms with van der Waals surface area (Å²) in [5, 5.41) is 9.26. The Labute approximate surface area is 125 Å². The number of hydrogen-bond donors (Lipinski definition) is 1. The van der Waals surface area contributed by atoms with Crippen LogP contribution in [-0.2, 0) is 14.3 Å². The molecule has 1 saturated carbocycles. The monoisotopic (exact) mass is 299 g/mol. The van der Waals surface area contributed by atoms with E-state index in [0.29, 0.717) is 19.7 Å². The van der Waals surface area contributed by atoms with E-state index in [-0.39, 0.29) is 23.5 Å². The molecule has 0 bridgehead atoms. The molecule has 2 fully saturated rings. The first-order valence-electron chi connectivity index (χ1n) is 7.36. The summed E-state index contributed by atoms with van der Waals surface area (Å²) in [4.78, 5) is 25.0. The van der Waals surface area contributed by atoms with E-state index in [2.05, 4.69) is 0 Å². The van der Waals surface area contributed by atoms with Crippen molar-refractivity contribution in [1.29, 1.82) is 0 Å². The molecule has 1 aliphatic carbocycles. The second kappa shape index (κ2) is 5.16. The van der Waals surface area contributed by atoms with Gasteiger partial charge in [0.25, 0.3) is 0 Å². The summed E-state index contributed by atoms with van der Waals surface area (Å²) < 4.78 is 11.1. The largest absolute Gasteiger partial charge is 0.481 e. The van der Waals surface area contributed by atoms with Crippen LogP contribution in [0.1, 0.15) is 34.6 Å². The number of aliphatic carboxylic acids is 1. The summed E-state index contributed by atoms with van der Waals surface area (Å²) in [6.07, 6.45) is -0.594. The summed E-state index contributed by atoms with van der Waals surface area (Å²) in [5.41, 5.74) is -0.819. The van der Waals surface area contributed by atoms with Crippen molar-refractivity contribution in [2.45, 2.75) is 46.3 Å². The highest BCUT2D eigenvalue weighted by Gasteiger charge is 2.65. The lowest BCUT2D eigenvalue weighted by atomic mass is 10.0. The molecule has 1 aliphatic heterocycles. The van der Waals surface area contributed by atoms with Crippen LogP contribution < -0.4 is 0 Å². The van der Waals surface area contributed by atoms with Gasteiger partial charge in [0.05, 0.1) is 25.2 Å². The van der Waals surface area contributed by atoms with Crippen molar-refractivity contribution in [3.63, 3.8) is 0 Å². The number of amides is 1. The third-order valence-corrected chi connectivity index (χ3v) is 4.32. The Hall–Kier alpha value is -1.30. The minimum absolute atomic E-state index is 0.0553. The Morgan fingerprint density at radius 3 is 2.43 bits per heavy atom. The molecule has 0 aromatic heterocycles. The van der Waals surface area contributed by atoms with Crippen molar-refractivity contribution in [3.05, 3.63) is 0 Å². The van der Waals surface area contributed by atoms with Crippen LogP contribution in [0.15, 0.2) is 0 Å². The molecule has 21 heavy (non-hydrogen) atoms. The first-order valence-corrected chi connectivity index (χ1v) is 7.36. The second-order valence-corrected chi connectivity index (χ2v) is 7.50. The first-order chi connectivity index (χ1) is 9.54. The fourth-order valence-electron chi connectivity index (χ4n) is 3.23. The molecular weight excluding hydrogens is 274 g/mol. The molecule has 1 amide bonds. The van der Waals surface area contributed by atoms with Crippen molar-refractivity contribution < 1.29 is 24.2 Å². The van der Waals surface area contributed by atoms with Crippen LogP contribution in [0.5, 0.6) is 0 Å². The van der Waals surface area contributed by atoms with Gasteiger partial charge in [0.15, 0.2) is 0 Å². The van der Waals surface area contributed by atoms with E-state index < -0.39 is 17.5 Å². The van der Waals surface area contributed by atoms with Gasteiger partial charge in [-0.3, -0.25) is 4.79 Å². The maximum Gasteiger partial charge on any atom is 0.410 e. The Balaban J connectivity index is 1.99. The van der Waals surface area contributed by atoms with Crippen molar-refractivity contribution in [3.8, 4) is 0 Å². The number of hydrogen-bond acceptors (Lipinski definition) is 4. The van der Waals surface area contributed by atoms with Crippen molar-refractivity contribution in [1.82, 2.24) is 4.90 Å². The first kappa shape index (κ1) is 16.1. The fraction of sp³-hybridized carbons (Fsp3) is 0.867. The number of carboxylic acids is 1. The molecule has 0 aromatic carbocycles. The highest BCUT2D eigenvalue weighted by molar-refractivity contribution is 5.75. The van der Waals surface area contributed by atoms with Gasteiger partial charge in [-0.2, -0.15) is 0 Å². The van der Waals surface area contributed by atoms with Crippen molar-refractivity contribution >= 4 is 12.1 Å². The van der Waals surface area contributed by atoms with Crippen LogP contribution in [0.2, 0.25) is 0 Å². The minimum Gasteiger partial charge on any atom is -0.481 e. The molecule has 6 nitrogen and oxygen atoms in total. The number of rotatable bonds is 2. The van der Waals surface area contributed by atoms with Crippen LogP contribution >= 0.6 is 0 Å². The maximum atomic E-state index is 12.1. The molecule has 1 heterocycles. The Morgan fingerprint density at radius 1 is 1.33 bits per heavy atom. The normalized spacial score (nSPS) is 31.7.